The lowest BCUT2D eigenvalue weighted by atomic mass is 9.96. The largest absolute Gasteiger partial charge is 0.310 e. The highest BCUT2D eigenvalue weighted by atomic mass is 35.5. The summed E-state index contributed by atoms with van der Waals surface area (Å²) >= 11 is 5.76. The third kappa shape index (κ3) is 3.55. The van der Waals surface area contributed by atoms with Crippen molar-refractivity contribution in [2.45, 2.75) is 19.3 Å². The molecule has 1 aromatic carbocycles. The molecule has 0 bridgehead atoms. The van der Waals surface area contributed by atoms with Gasteiger partial charge in [0.15, 0.2) is 0 Å². The SMILES string of the molecule is CC[C@H](C(=O)Nc1ccc(Cl)cn1)c1ccccc1. The van der Waals surface area contributed by atoms with Crippen LogP contribution in [0.25, 0.3) is 0 Å². The molecule has 0 spiro atoms. The van der Waals surface area contributed by atoms with Gasteiger partial charge >= 0.3 is 0 Å². The lowest BCUT2D eigenvalue weighted by molar-refractivity contribution is -0.117. The number of pyridine rings is 1. The van der Waals surface area contributed by atoms with Gasteiger partial charge in [-0.05, 0) is 24.1 Å². The van der Waals surface area contributed by atoms with Crippen molar-refractivity contribution >= 4 is 23.3 Å². The van der Waals surface area contributed by atoms with Crippen LogP contribution in [-0.2, 0) is 4.79 Å². The first-order valence-electron chi connectivity index (χ1n) is 6.18. The summed E-state index contributed by atoms with van der Waals surface area (Å²) < 4.78 is 0. The highest BCUT2D eigenvalue weighted by Gasteiger charge is 2.18. The van der Waals surface area contributed by atoms with Crippen molar-refractivity contribution in [1.82, 2.24) is 4.98 Å². The number of nitrogens with zero attached hydrogens (tertiary/aromatic N) is 1. The summed E-state index contributed by atoms with van der Waals surface area (Å²) in [5.74, 6) is 0.297. The second-order valence-corrected chi connectivity index (χ2v) is 4.66. The first-order chi connectivity index (χ1) is 9.20. The number of hydrogen-bond donors (Lipinski definition) is 1. The Balaban J connectivity index is 2.11. The molecule has 98 valence electrons. The summed E-state index contributed by atoms with van der Waals surface area (Å²) in [6.07, 6.45) is 2.25. The molecular weight excluding hydrogens is 260 g/mol. The van der Waals surface area contributed by atoms with E-state index in [1.165, 1.54) is 6.20 Å². The lowest BCUT2D eigenvalue weighted by Crippen LogP contribution is -2.21. The highest BCUT2D eigenvalue weighted by Crippen LogP contribution is 2.21. The fourth-order valence-corrected chi connectivity index (χ4v) is 2.03. The average molecular weight is 275 g/mol. The van der Waals surface area contributed by atoms with Crippen LogP contribution in [0.5, 0.6) is 0 Å². The zero-order chi connectivity index (χ0) is 13.7. The third-order valence-corrected chi connectivity index (χ3v) is 3.13. The monoisotopic (exact) mass is 274 g/mol. The Morgan fingerprint density at radius 2 is 2.00 bits per heavy atom. The zero-order valence-electron chi connectivity index (χ0n) is 10.6. The third-order valence-electron chi connectivity index (χ3n) is 2.91. The van der Waals surface area contributed by atoms with Gasteiger partial charge < -0.3 is 5.32 Å². The van der Waals surface area contributed by atoms with Gasteiger partial charge in [-0.15, -0.1) is 0 Å². The lowest BCUT2D eigenvalue weighted by Gasteiger charge is -2.14. The second-order valence-electron chi connectivity index (χ2n) is 4.22. The van der Waals surface area contributed by atoms with E-state index in [2.05, 4.69) is 10.3 Å². The molecule has 4 heteroatoms. The Morgan fingerprint density at radius 3 is 2.58 bits per heavy atom. The molecule has 1 atom stereocenters. The van der Waals surface area contributed by atoms with E-state index in [9.17, 15) is 4.79 Å². The Kier molecular flexibility index (Phi) is 4.53. The number of aromatic nitrogens is 1. The molecule has 0 fully saturated rings. The van der Waals surface area contributed by atoms with Crippen LogP contribution in [0.15, 0.2) is 48.7 Å². The molecule has 0 aliphatic heterocycles. The molecule has 1 heterocycles. The molecule has 1 amide bonds. The van der Waals surface area contributed by atoms with Crippen LogP contribution in [0.1, 0.15) is 24.8 Å². The molecule has 0 radical (unpaired) electrons. The maximum atomic E-state index is 12.2. The number of rotatable bonds is 4. The van der Waals surface area contributed by atoms with E-state index >= 15 is 0 Å². The number of halogens is 1. The maximum absolute atomic E-state index is 12.2. The van der Waals surface area contributed by atoms with E-state index in [0.717, 1.165) is 12.0 Å². The summed E-state index contributed by atoms with van der Waals surface area (Å²) in [5.41, 5.74) is 1.01. The van der Waals surface area contributed by atoms with Crippen LogP contribution < -0.4 is 5.32 Å². The van der Waals surface area contributed by atoms with Gasteiger partial charge in [0.25, 0.3) is 0 Å². The van der Waals surface area contributed by atoms with Gasteiger partial charge in [0.2, 0.25) is 5.91 Å². The number of amides is 1. The van der Waals surface area contributed by atoms with Crippen LogP contribution in [-0.4, -0.2) is 10.9 Å². The Morgan fingerprint density at radius 1 is 1.26 bits per heavy atom. The van der Waals surface area contributed by atoms with Gasteiger partial charge in [-0.2, -0.15) is 0 Å². The number of nitrogens with one attached hydrogen (secondary N) is 1. The summed E-state index contributed by atoms with van der Waals surface area (Å²) in [6, 6.07) is 13.1. The van der Waals surface area contributed by atoms with E-state index in [1.807, 2.05) is 37.3 Å². The molecule has 2 rings (SSSR count). The Bertz CT molecular complexity index is 540. The minimum atomic E-state index is -0.168. The molecule has 3 nitrogen and oxygen atoms in total. The number of carbonyl (C=O) groups is 1. The topological polar surface area (TPSA) is 42.0 Å². The van der Waals surface area contributed by atoms with Crippen LogP contribution in [0.2, 0.25) is 5.02 Å². The predicted octanol–water partition coefficient (Wildman–Crippen LogP) is 3.87. The molecule has 19 heavy (non-hydrogen) atoms. The maximum Gasteiger partial charge on any atom is 0.233 e. The van der Waals surface area contributed by atoms with E-state index in [0.29, 0.717) is 10.8 Å². The number of carbonyl (C=O) groups excluding carboxylic acids is 1. The van der Waals surface area contributed by atoms with Crippen LogP contribution in [0.4, 0.5) is 5.82 Å². The van der Waals surface area contributed by atoms with Crippen LogP contribution in [0.3, 0.4) is 0 Å². The number of anilines is 1. The number of hydrogen-bond acceptors (Lipinski definition) is 2. The fourth-order valence-electron chi connectivity index (χ4n) is 1.92. The van der Waals surface area contributed by atoms with Crippen molar-refractivity contribution in [2.24, 2.45) is 0 Å². The van der Waals surface area contributed by atoms with E-state index < -0.39 is 0 Å². The molecule has 0 aliphatic carbocycles. The molecule has 0 unspecified atom stereocenters. The van der Waals surface area contributed by atoms with E-state index in [1.54, 1.807) is 12.1 Å². The summed E-state index contributed by atoms with van der Waals surface area (Å²) in [4.78, 5) is 16.3. The Hall–Kier alpha value is -1.87. The van der Waals surface area contributed by atoms with Gasteiger partial charge in [0, 0.05) is 6.20 Å². The normalized spacial score (nSPS) is 11.9. The van der Waals surface area contributed by atoms with Gasteiger partial charge in [-0.3, -0.25) is 4.79 Å². The highest BCUT2D eigenvalue weighted by molar-refractivity contribution is 6.30. The molecular formula is C15H15ClN2O. The molecule has 0 aliphatic rings. The minimum Gasteiger partial charge on any atom is -0.310 e. The summed E-state index contributed by atoms with van der Waals surface area (Å²) in [6.45, 7) is 1.99. The van der Waals surface area contributed by atoms with Gasteiger partial charge in [-0.25, -0.2) is 4.98 Å². The quantitative estimate of drug-likeness (QED) is 0.920. The van der Waals surface area contributed by atoms with Crippen molar-refractivity contribution in [3.8, 4) is 0 Å². The second kappa shape index (κ2) is 6.34. The summed E-state index contributed by atoms with van der Waals surface area (Å²) in [7, 11) is 0. The molecule has 2 aromatic rings. The number of benzene rings is 1. The molecule has 0 saturated carbocycles. The minimum absolute atomic E-state index is 0.0523. The summed E-state index contributed by atoms with van der Waals surface area (Å²) in [5, 5.41) is 3.36. The smallest absolute Gasteiger partial charge is 0.233 e. The first-order valence-corrected chi connectivity index (χ1v) is 6.56. The van der Waals surface area contributed by atoms with Crippen molar-refractivity contribution in [1.29, 1.82) is 0 Å². The van der Waals surface area contributed by atoms with Crippen molar-refractivity contribution < 1.29 is 4.79 Å². The van der Waals surface area contributed by atoms with Crippen LogP contribution >= 0.6 is 11.6 Å². The van der Waals surface area contributed by atoms with E-state index in [-0.39, 0.29) is 11.8 Å². The molecule has 1 aromatic heterocycles. The van der Waals surface area contributed by atoms with Crippen molar-refractivity contribution in [3.05, 3.63) is 59.2 Å². The van der Waals surface area contributed by atoms with Gasteiger partial charge in [0.1, 0.15) is 5.82 Å². The van der Waals surface area contributed by atoms with Crippen LogP contribution in [0, 0.1) is 0 Å². The van der Waals surface area contributed by atoms with Gasteiger partial charge in [-0.1, -0.05) is 48.9 Å². The standard InChI is InChI=1S/C15H15ClN2O/c1-2-13(11-6-4-3-5-7-11)15(19)18-14-9-8-12(16)10-17-14/h3-10,13H,2H2,1H3,(H,17,18,19)/t13-/m0/s1. The fraction of sp³-hybridized carbons (Fsp3) is 0.200. The van der Waals surface area contributed by atoms with E-state index in [4.69, 9.17) is 11.6 Å². The zero-order valence-corrected chi connectivity index (χ0v) is 11.4. The Labute approximate surface area is 117 Å². The van der Waals surface area contributed by atoms with Gasteiger partial charge in [0.05, 0.1) is 10.9 Å². The molecule has 0 saturated heterocycles. The molecule has 1 N–H and O–H groups in total. The predicted molar refractivity (Wildman–Crippen MR) is 77.4 cm³/mol. The average Bonchev–Trinajstić information content (AvgIpc) is 2.43. The first kappa shape index (κ1) is 13.6. The van der Waals surface area contributed by atoms with Crippen molar-refractivity contribution in [3.63, 3.8) is 0 Å². The van der Waals surface area contributed by atoms with Crippen molar-refractivity contribution in [2.75, 3.05) is 5.32 Å².